The standard InChI is InChI=1S/C20H20Cl2N4/c1-3-13(2)23-20-24-17(14-8-5-4-6-9-14)12-18(26-20)25-19-15(21)10-7-11-16(19)22/h4-13H,3H2,1-2H3,(H2,23,24,25,26)/t13-/m1/s1. The van der Waals surface area contributed by atoms with E-state index in [0.717, 1.165) is 17.7 Å². The van der Waals surface area contributed by atoms with Crippen molar-refractivity contribution in [3.63, 3.8) is 0 Å². The first kappa shape index (κ1) is 18.5. The SMILES string of the molecule is CC[C@@H](C)Nc1nc(Nc2c(Cl)cccc2Cl)cc(-c2ccccc2)n1. The third-order valence-corrected chi connectivity index (χ3v) is 4.63. The van der Waals surface area contributed by atoms with Gasteiger partial charge >= 0.3 is 0 Å². The Hall–Kier alpha value is -2.30. The third kappa shape index (κ3) is 4.45. The van der Waals surface area contributed by atoms with Gasteiger partial charge in [-0.05, 0) is 25.5 Å². The lowest BCUT2D eigenvalue weighted by Crippen LogP contribution is -2.16. The molecule has 0 aliphatic heterocycles. The highest BCUT2D eigenvalue weighted by atomic mass is 35.5. The highest BCUT2D eigenvalue weighted by Gasteiger charge is 2.11. The zero-order valence-electron chi connectivity index (χ0n) is 14.6. The van der Waals surface area contributed by atoms with Crippen LogP contribution in [0.2, 0.25) is 10.0 Å². The predicted molar refractivity (Wildman–Crippen MR) is 111 cm³/mol. The lowest BCUT2D eigenvalue weighted by Gasteiger charge is -2.15. The van der Waals surface area contributed by atoms with E-state index in [1.807, 2.05) is 36.4 Å². The van der Waals surface area contributed by atoms with Gasteiger partial charge in [-0.2, -0.15) is 4.98 Å². The van der Waals surface area contributed by atoms with Crippen molar-refractivity contribution in [1.29, 1.82) is 0 Å². The highest BCUT2D eigenvalue weighted by Crippen LogP contribution is 2.33. The summed E-state index contributed by atoms with van der Waals surface area (Å²) in [7, 11) is 0. The van der Waals surface area contributed by atoms with Gasteiger partial charge in [0.25, 0.3) is 0 Å². The Balaban J connectivity index is 2.02. The van der Waals surface area contributed by atoms with E-state index in [1.165, 1.54) is 0 Å². The molecule has 0 saturated carbocycles. The minimum absolute atomic E-state index is 0.262. The summed E-state index contributed by atoms with van der Waals surface area (Å²) in [4.78, 5) is 9.22. The molecule has 2 aromatic carbocycles. The second-order valence-electron chi connectivity index (χ2n) is 6.00. The van der Waals surface area contributed by atoms with Crippen LogP contribution in [0.3, 0.4) is 0 Å². The summed E-state index contributed by atoms with van der Waals surface area (Å²) in [6.07, 6.45) is 0.970. The molecular weight excluding hydrogens is 367 g/mol. The number of hydrogen-bond donors (Lipinski definition) is 2. The predicted octanol–water partition coefficient (Wildman–Crippen LogP) is 6.40. The van der Waals surface area contributed by atoms with Gasteiger partial charge in [-0.3, -0.25) is 0 Å². The van der Waals surface area contributed by atoms with Crippen molar-refractivity contribution < 1.29 is 0 Å². The number of nitrogens with one attached hydrogen (secondary N) is 2. The van der Waals surface area contributed by atoms with E-state index in [-0.39, 0.29) is 6.04 Å². The molecule has 4 nitrogen and oxygen atoms in total. The van der Waals surface area contributed by atoms with Gasteiger partial charge in [0, 0.05) is 17.7 Å². The van der Waals surface area contributed by atoms with Gasteiger partial charge in [-0.15, -0.1) is 0 Å². The molecular formula is C20H20Cl2N4. The topological polar surface area (TPSA) is 49.8 Å². The van der Waals surface area contributed by atoms with Crippen molar-refractivity contribution >= 4 is 40.7 Å². The normalized spacial score (nSPS) is 11.8. The van der Waals surface area contributed by atoms with Crippen molar-refractivity contribution in [3.8, 4) is 11.3 Å². The monoisotopic (exact) mass is 386 g/mol. The van der Waals surface area contributed by atoms with Crippen LogP contribution in [0.25, 0.3) is 11.3 Å². The average molecular weight is 387 g/mol. The molecule has 3 rings (SSSR count). The summed E-state index contributed by atoms with van der Waals surface area (Å²) >= 11 is 12.6. The Morgan fingerprint density at radius 2 is 1.65 bits per heavy atom. The number of anilines is 3. The summed E-state index contributed by atoms with van der Waals surface area (Å²) in [5.41, 5.74) is 2.45. The van der Waals surface area contributed by atoms with Gasteiger partial charge in [-0.1, -0.05) is 66.5 Å². The lowest BCUT2D eigenvalue weighted by molar-refractivity contribution is 0.753. The maximum atomic E-state index is 6.28. The van der Waals surface area contributed by atoms with Gasteiger partial charge in [0.1, 0.15) is 5.82 Å². The van der Waals surface area contributed by atoms with Crippen molar-refractivity contribution in [2.24, 2.45) is 0 Å². The summed E-state index contributed by atoms with van der Waals surface area (Å²) in [5.74, 6) is 1.19. The number of nitrogens with zero attached hydrogens (tertiary/aromatic N) is 2. The lowest BCUT2D eigenvalue weighted by atomic mass is 10.1. The first-order chi connectivity index (χ1) is 12.6. The molecule has 0 unspecified atom stereocenters. The molecule has 3 aromatic rings. The fourth-order valence-corrected chi connectivity index (χ4v) is 2.89. The smallest absolute Gasteiger partial charge is 0.225 e. The number of para-hydroxylation sites is 1. The Labute approximate surface area is 163 Å². The largest absolute Gasteiger partial charge is 0.352 e. The Morgan fingerprint density at radius 1 is 0.962 bits per heavy atom. The summed E-state index contributed by atoms with van der Waals surface area (Å²) in [6.45, 7) is 4.21. The van der Waals surface area contributed by atoms with Gasteiger partial charge in [0.05, 0.1) is 21.4 Å². The first-order valence-corrected chi connectivity index (χ1v) is 9.24. The number of aromatic nitrogens is 2. The van der Waals surface area contributed by atoms with E-state index in [2.05, 4.69) is 34.4 Å². The number of rotatable bonds is 6. The van der Waals surface area contributed by atoms with Crippen LogP contribution >= 0.6 is 23.2 Å². The molecule has 0 aliphatic carbocycles. The molecule has 0 bridgehead atoms. The minimum atomic E-state index is 0.262. The van der Waals surface area contributed by atoms with Gasteiger partial charge in [0.15, 0.2) is 0 Å². The summed E-state index contributed by atoms with van der Waals surface area (Å²) in [5, 5.41) is 7.63. The van der Waals surface area contributed by atoms with Crippen molar-refractivity contribution in [2.75, 3.05) is 10.6 Å². The quantitative estimate of drug-likeness (QED) is 0.514. The molecule has 1 heterocycles. The van der Waals surface area contributed by atoms with Crippen LogP contribution in [0.1, 0.15) is 20.3 Å². The molecule has 1 atom stereocenters. The van der Waals surface area contributed by atoms with Crippen LogP contribution < -0.4 is 10.6 Å². The fraction of sp³-hybridized carbons (Fsp3) is 0.200. The summed E-state index contributed by atoms with van der Waals surface area (Å²) < 4.78 is 0. The van der Waals surface area contributed by atoms with E-state index >= 15 is 0 Å². The zero-order valence-corrected chi connectivity index (χ0v) is 16.1. The molecule has 0 radical (unpaired) electrons. The Bertz CT molecular complexity index is 864. The van der Waals surface area contributed by atoms with Crippen molar-refractivity contribution in [3.05, 3.63) is 64.6 Å². The van der Waals surface area contributed by atoms with E-state index in [0.29, 0.717) is 27.5 Å². The highest BCUT2D eigenvalue weighted by molar-refractivity contribution is 6.39. The van der Waals surface area contributed by atoms with Gasteiger partial charge in [-0.25, -0.2) is 4.98 Å². The summed E-state index contributed by atoms with van der Waals surface area (Å²) in [6, 6.07) is 17.5. The molecule has 1 aromatic heterocycles. The van der Waals surface area contributed by atoms with Crippen LogP contribution in [0, 0.1) is 0 Å². The van der Waals surface area contributed by atoms with E-state index < -0.39 is 0 Å². The van der Waals surface area contributed by atoms with Crippen molar-refractivity contribution in [1.82, 2.24) is 9.97 Å². The second kappa shape index (κ2) is 8.39. The molecule has 2 N–H and O–H groups in total. The van der Waals surface area contributed by atoms with Crippen LogP contribution in [-0.2, 0) is 0 Å². The third-order valence-electron chi connectivity index (χ3n) is 4.00. The molecule has 0 saturated heterocycles. The van der Waals surface area contributed by atoms with E-state index in [4.69, 9.17) is 23.2 Å². The van der Waals surface area contributed by atoms with Crippen molar-refractivity contribution in [2.45, 2.75) is 26.3 Å². The molecule has 6 heteroatoms. The molecule has 0 fully saturated rings. The number of halogens is 2. The van der Waals surface area contributed by atoms with Crippen LogP contribution in [-0.4, -0.2) is 16.0 Å². The van der Waals surface area contributed by atoms with Crippen LogP contribution in [0.15, 0.2) is 54.6 Å². The van der Waals surface area contributed by atoms with Crippen LogP contribution in [0.5, 0.6) is 0 Å². The maximum absolute atomic E-state index is 6.28. The molecule has 134 valence electrons. The van der Waals surface area contributed by atoms with E-state index in [1.54, 1.807) is 18.2 Å². The Kier molecular flexibility index (Phi) is 5.96. The van der Waals surface area contributed by atoms with Gasteiger partial charge < -0.3 is 10.6 Å². The molecule has 26 heavy (non-hydrogen) atoms. The zero-order chi connectivity index (χ0) is 18.5. The maximum Gasteiger partial charge on any atom is 0.225 e. The first-order valence-electron chi connectivity index (χ1n) is 8.49. The van der Waals surface area contributed by atoms with Crippen LogP contribution in [0.4, 0.5) is 17.5 Å². The van der Waals surface area contributed by atoms with Gasteiger partial charge in [0.2, 0.25) is 5.95 Å². The number of benzene rings is 2. The fourth-order valence-electron chi connectivity index (χ4n) is 2.40. The molecule has 0 amide bonds. The molecule has 0 aliphatic rings. The molecule has 0 spiro atoms. The average Bonchev–Trinajstić information content (AvgIpc) is 2.65. The Morgan fingerprint density at radius 3 is 2.31 bits per heavy atom. The number of hydrogen-bond acceptors (Lipinski definition) is 4. The minimum Gasteiger partial charge on any atom is -0.352 e. The second-order valence-corrected chi connectivity index (χ2v) is 6.82. The van der Waals surface area contributed by atoms with E-state index in [9.17, 15) is 0 Å².